The third-order valence-corrected chi connectivity index (χ3v) is 2.81. The zero-order chi connectivity index (χ0) is 10.2. The van der Waals surface area contributed by atoms with Crippen molar-refractivity contribution in [3.8, 4) is 0 Å². The first kappa shape index (κ1) is 11.7. The summed E-state index contributed by atoms with van der Waals surface area (Å²) in [6.07, 6.45) is 0. The second-order valence-corrected chi connectivity index (χ2v) is 5.75. The molecule has 0 aliphatic carbocycles. The van der Waals surface area contributed by atoms with E-state index in [0.29, 0.717) is 10.8 Å². The lowest BCUT2D eigenvalue weighted by Gasteiger charge is -2.29. The van der Waals surface area contributed by atoms with Crippen LogP contribution in [-0.2, 0) is 0 Å². The van der Waals surface area contributed by atoms with Crippen molar-refractivity contribution < 1.29 is 0 Å². The highest BCUT2D eigenvalue weighted by Crippen LogP contribution is 2.35. The standard InChI is InChI=1S/C12H24/c1-9(11(3,4)5)10(2)12(6,7)8/h1-8H3/b10-9-. The Morgan fingerprint density at radius 1 is 0.583 bits per heavy atom. The van der Waals surface area contributed by atoms with Gasteiger partial charge in [0.2, 0.25) is 0 Å². The van der Waals surface area contributed by atoms with Crippen molar-refractivity contribution >= 4 is 0 Å². The van der Waals surface area contributed by atoms with Gasteiger partial charge in [-0.2, -0.15) is 0 Å². The molecule has 0 spiro atoms. The minimum Gasteiger partial charge on any atom is -0.0685 e. The van der Waals surface area contributed by atoms with Gasteiger partial charge in [0.1, 0.15) is 0 Å². The van der Waals surface area contributed by atoms with Gasteiger partial charge in [-0.3, -0.25) is 0 Å². The molecule has 0 saturated carbocycles. The number of rotatable bonds is 0. The van der Waals surface area contributed by atoms with Crippen molar-refractivity contribution in [1.82, 2.24) is 0 Å². The van der Waals surface area contributed by atoms with E-state index in [1.54, 1.807) is 0 Å². The molecule has 0 bridgehead atoms. The Hall–Kier alpha value is -0.260. The van der Waals surface area contributed by atoms with E-state index in [9.17, 15) is 0 Å². The molecule has 0 radical (unpaired) electrons. The molecule has 0 N–H and O–H groups in total. The van der Waals surface area contributed by atoms with Gasteiger partial charge in [0.25, 0.3) is 0 Å². The summed E-state index contributed by atoms with van der Waals surface area (Å²) in [5.41, 5.74) is 3.68. The monoisotopic (exact) mass is 168 g/mol. The van der Waals surface area contributed by atoms with Crippen LogP contribution in [-0.4, -0.2) is 0 Å². The van der Waals surface area contributed by atoms with Crippen LogP contribution in [0.5, 0.6) is 0 Å². The maximum Gasteiger partial charge on any atom is -0.0173 e. The van der Waals surface area contributed by atoms with Gasteiger partial charge in [-0.1, -0.05) is 52.7 Å². The zero-order valence-electron chi connectivity index (χ0n) is 10.0. The highest BCUT2D eigenvalue weighted by molar-refractivity contribution is 5.20. The summed E-state index contributed by atoms with van der Waals surface area (Å²) in [5.74, 6) is 0. The van der Waals surface area contributed by atoms with Gasteiger partial charge in [0.05, 0.1) is 0 Å². The smallest absolute Gasteiger partial charge is 0.0173 e. The quantitative estimate of drug-likeness (QED) is 0.470. The van der Waals surface area contributed by atoms with Gasteiger partial charge in [0, 0.05) is 0 Å². The van der Waals surface area contributed by atoms with Gasteiger partial charge in [-0.15, -0.1) is 0 Å². The summed E-state index contributed by atoms with van der Waals surface area (Å²) in [4.78, 5) is 0. The summed E-state index contributed by atoms with van der Waals surface area (Å²) >= 11 is 0. The predicted octanol–water partition coefficient (Wildman–Crippen LogP) is 4.42. The molecule has 0 saturated heterocycles. The number of allylic oxidation sites excluding steroid dienone is 2. The first-order chi connectivity index (χ1) is 5.07. The lowest BCUT2D eigenvalue weighted by Crippen LogP contribution is -2.16. The van der Waals surface area contributed by atoms with E-state index in [2.05, 4.69) is 55.4 Å². The Balaban J connectivity index is 4.96. The van der Waals surface area contributed by atoms with Crippen LogP contribution in [0.2, 0.25) is 0 Å². The molecule has 0 aliphatic rings. The molecular weight excluding hydrogens is 144 g/mol. The average Bonchev–Trinajstić information content (AvgIpc) is 1.80. The normalized spacial score (nSPS) is 16.0. The molecule has 0 nitrogen and oxygen atoms in total. The van der Waals surface area contributed by atoms with Crippen LogP contribution in [0.25, 0.3) is 0 Å². The molecule has 0 aromatic rings. The van der Waals surface area contributed by atoms with Crippen LogP contribution < -0.4 is 0 Å². The molecule has 72 valence electrons. The molecule has 0 heteroatoms. The summed E-state index contributed by atoms with van der Waals surface area (Å²) in [5, 5.41) is 0. The van der Waals surface area contributed by atoms with E-state index in [0.717, 1.165) is 0 Å². The third-order valence-electron chi connectivity index (χ3n) is 2.81. The van der Waals surface area contributed by atoms with Crippen LogP contribution >= 0.6 is 0 Å². The largest absolute Gasteiger partial charge is 0.0685 e. The van der Waals surface area contributed by atoms with E-state index < -0.39 is 0 Å². The number of hydrogen-bond donors (Lipinski definition) is 0. The lowest BCUT2D eigenvalue weighted by molar-refractivity contribution is 0.445. The van der Waals surface area contributed by atoms with E-state index in [-0.39, 0.29) is 0 Å². The molecule has 0 aromatic carbocycles. The van der Waals surface area contributed by atoms with Gasteiger partial charge >= 0.3 is 0 Å². The van der Waals surface area contributed by atoms with Crippen LogP contribution in [0, 0.1) is 10.8 Å². The van der Waals surface area contributed by atoms with E-state index in [1.807, 2.05) is 0 Å². The Labute approximate surface area is 78.1 Å². The van der Waals surface area contributed by atoms with Crippen LogP contribution in [0.15, 0.2) is 11.1 Å². The molecule has 0 atom stereocenters. The molecule has 0 heterocycles. The Morgan fingerprint density at radius 2 is 0.750 bits per heavy atom. The summed E-state index contributed by atoms with van der Waals surface area (Å²) < 4.78 is 0. The highest BCUT2D eigenvalue weighted by atomic mass is 14.3. The number of hydrogen-bond acceptors (Lipinski definition) is 0. The molecule has 0 aromatic heterocycles. The second kappa shape index (κ2) is 3.24. The molecule has 0 aliphatic heterocycles. The molecule has 0 amide bonds. The van der Waals surface area contributed by atoms with Crippen molar-refractivity contribution in [2.24, 2.45) is 10.8 Å². The van der Waals surface area contributed by atoms with Crippen molar-refractivity contribution in [2.75, 3.05) is 0 Å². The summed E-state index contributed by atoms with van der Waals surface area (Å²) in [6, 6.07) is 0. The van der Waals surface area contributed by atoms with Crippen molar-refractivity contribution in [2.45, 2.75) is 55.4 Å². The van der Waals surface area contributed by atoms with Gasteiger partial charge in [-0.25, -0.2) is 0 Å². The van der Waals surface area contributed by atoms with Gasteiger partial charge < -0.3 is 0 Å². The Morgan fingerprint density at radius 3 is 0.833 bits per heavy atom. The maximum atomic E-state index is 2.28. The minimum absolute atomic E-state index is 0.317. The van der Waals surface area contributed by atoms with E-state index in [4.69, 9.17) is 0 Å². The van der Waals surface area contributed by atoms with Gasteiger partial charge in [0.15, 0.2) is 0 Å². The van der Waals surface area contributed by atoms with E-state index in [1.165, 1.54) is 11.1 Å². The minimum atomic E-state index is 0.317. The fourth-order valence-electron chi connectivity index (χ4n) is 1.12. The fourth-order valence-corrected chi connectivity index (χ4v) is 1.12. The first-order valence-corrected chi connectivity index (χ1v) is 4.75. The van der Waals surface area contributed by atoms with Crippen molar-refractivity contribution in [1.29, 1.82) is 0 Å². The lowest BCUT2D eigenvalue weighted by atomic mass is 9.76. The molecule has 0 unspecified atom stereocenters. The Kier molecular flexibility index (Phi) is 3.17. The predicted molar refractivity (Wildman–Crippen MR) is 57.3 cm³/mol. The van der Waals surface area contributed by atoms with Crippen molar-refractivity contribution in [3.05, 3.63) is 11.1 Å². The summed E-state index contributed by atoms with van der Waals surface area (Å²) in [6.45, 7) is 18.2. The highest BCUT2D eigenvalue weighted by Gasteiger charge is 2.21. The summed E-state index contributed by atoms with van der Waals surface area (Å²) in [7, 11) is 0. The van der Waals surface area contributed by atoms with Gasteiger partial charge in [-0.05, 0) is 24.7 Å². The molecule has 0 rings (SSSR count). The van der Waals surface area contributed by atoms with E-state index >= 15 is 0 Å². The molecule has 0 fully saturated rings. The van der Waals surface area contributed by atoms with Crippen molar-refractivity contribution in [3.63, 3.8) is 0 Å². The zero-order valence-corrected chi connectivity index (χ0v) is 10.0. The first-order valence-electron chi connectivity index (χ1n) is 4.75. The second-order valence-electron chi connectivity index (χ2n) is 5.75. The third kappa shape index (κ3) is 3.00. The molecular formula is C12H24. The van der Waals surface area contributed by atoms with Crippen LogP contribution in [0.3, 0.4) is 0 Å². The SMILES string of the molecule is C/C(=C(\C)C(C)(C)C)C(C)(C)C. The Bertz CT molecular complexity index is 159. The fraction of sp³-hybridized carbons (Fsp3) is 0.833. The van der Waals surface area contributed by atoms with Crippen LogP contribution in [0.1, 0.15) is 55.4 Å². The maximum absolute atomic E-state index is 2.28. The topological polar surface area (TPSA) is 0 Å². The average molecular weight is 168 g/mol. The van der Waals surface area contributed by atoms with Crippen LogP contribution in [0.4, 0.5) is 0 Å². The molecule has 12 heavy (non-hydrogen) atoms.